The van der Waals surface area contributed by atoms with Crippen molar-refractivity contribution in [1.29, 1.82) is 0 Å². The predicted molar refractivity (Wildman–Crippen MR) is 168 cm³/mol. The number of hydrogen-bond donors (Lipinski definition) is 0. The van der Waals surface area contributed by atoms with Crippen molar-refractivity contribution in [1.82, 2.24) is 4.57 Å². The van der Waals surface area contributed by atoms with Crippen molar-refractivity contribution in [2.24, 2.45) is 0 Å². The van der Waals surface area contributed by atoms with E-state index >= 15 is 0 Å². The van der Waals surface area contributed by atoms with Gasteiger partial charge in [-0.2, -0.15) is 0 Å². The Labute approximate surface area is 229 Å². The summed E-state index contributed by atoms with van der Waals surface area (Å²) in [5, 5.41) is 2.56. The molecular formula is C37H30N2. The third-order valence-electron chi connectivity index (χ3n) is 7.74. The van der Waals surface area contributed by atoms with Crippen LogP contribution in [-0.2, 0) is 0 Å². The fraction of sp³-hybridized carbons (Fsp3) is 0.0811. The minimum Gasteiger partial charge on any atom is -0.306 e. The van der Waals surface area contributed by atoms with Crippen molar-refractivity contribution in [2.45, 2.75) is 20.3 Å². The molecule has 7 rings (SSSR count). The number of aromatic nitrogens is 1. The first-order valence-corrected chi connectivity index (χ1v) is 13.7. The Hall–Kier alpha value is -4.82. The number of hydrogen-bond acceptors (Lipinski definition) is 1. The topological polar surface area (TPSA) is 8.17 Å². The molecule has 2 heterocycles. The largest absolute Gasteiger partial charge is 0.306 e. The highest BCUT2D eigenvalue weighted by Gasteiger charge is 2.28. The second-order valence-electron chi connectivity index (χ2n) is 10.0. The number of fused-ring (bicyclic) bond motifs is 5. The van der Waals surface area contributed by atoms with Crippen LogP contribution < -0.4 is 4.90 Å². The lowest BCUT2D eigenvalue weighted by Gasteiger charge is -2.33. The highest BCUT2D eigenvalue weighted by atomic mass is 15.2. The quantitative estimate of drug-likeness (QED) is 0.213. The second-order valence-corrected chi connectivity index (χ2v) is 10.0. The van der Waals surface area contributed by atoms with Crippen LogP contribution in [0.2, 0.25) is 0 Å². The van der Waals surface area contributed by atoms with Crippen LogP contribution in [0.3, 0.4) is 0 Å². The van der Waals surface area contributed by atoms with Gasteiger partial charge in [-0.15, -0.1) is 0 Å². The van der Waals surface area contributed by atoms with E-state index in [1.165, 1.54) is 61.1 Å². The summed E-state index contributed by atoms with van der Waals surface area (Å²) in [6.07, 6.45) is 7.70. The van der Waals surface area contributed by atoms with Crippen LogP contribution in [0.5, 0.6) is 0 Å². The normalized spacial score (nSPS) is 13.0. The van der Waals surface area contributed by atoms with Gasteiger partial charge < -0.3 is 9.47 Å². The Morgan fingerprint density at radius 3 is 2.21 bits per heavy atom. The van der Waals surface area contributed by atoms with Crippen LogP contribution in [-0.4, -0.2) is 4.57 Å². The fourth-order valence-electron chi connectivity index (χ4n) is 5.99. The van der Waals surface area contributed by atoms with E-state index in [-0.39, 0.29) is 0 Å². The van der Waals surface area contributed by atoms with Gasteiger partial charge in [-0.05, 0) is 78.1 Å². The molecule has 0 atom stereocenters. The molecule has 1 aliphatic rings. The van der Waals surface area contributed by atoms with Crippen LogP contribution in [0.15, 0.2) is 133 Å². The third kappa shape index (κ3) is 3.72. The molecule has 0 saturated heterocycles. The van der Waals surface area contributed by atoms with Gasteiger partial charge in [0, 0.05) is 16.5 Å². The molecule has 6 aromatic rings. The molecule has 0 spiro atoms. The van der Waals surface area contributed by atoms with Crippen LogP contribution in [0, 0.1) is 0 Å². The zero-order chi connectivity index (χ0) is 26.3. The van der Waals surface area contributed by atoms with Crippen LogP contribution in [0.25, 0.3) is 44.2 Å². The Morgan fingerprint density at radius 2 is 1.38 bits per heavy atom. The Bertz CT molecular complexity index is 1900. The first kappa shape index (κ1) is 23.3. The molecule has 0 N–H and O–H groups in total. The van der Waals surface area contributed by atoms with Crippen molar-refractivity contribution in [3.05, 3.63) is 139 Å². The summed E-state index contributed by atoms with van der Waals surface area (Å²) in [7, 11) is 0. The van der Waals surface area contributed by atoms with Crippen LogP contribution in [0.1, 0.15) is 25.8 Å². The van der Waals surface area contributed by atoms with E-state index in [1.807, 2.05) is 0 Å². The zero-order valence-corrected chi connectivity index (χ0v) is 22.3. The van der Waals surface area contributed by atoms with Crippen LogP contribution >= 0.6 is 0 Å². The van der Waals surface area contributed by atoms with Gasteiger partial charge in [0.2, 0.25) is 0 Å². The minimum absolute atomic E-state index is 1.01. The maximum absolute atomic E-state index is 2.45. The summed E-state index contributed by atoms with van der Waals surface area (Å²) in [5.74, 6) is 0. The van der Waals surface area contributed by atoms with Crippen molar-refractivity contribution in [3.63, 3.8) is 0 Å². The molecule has 0 bridgehead atoms. The van der Waals surface area contributed by atoms with Crippen molar-refractivity contribution in [3.8, 4) is 16.8 Å². The molecule has 1 aliphatic heterocycles. The van der Waals surface area contributed by atoms with Crippen LogP contribution in [0.4, 0.5) is 17.1 Å². The molecule has 5 aromatic carbocycles. The number of allylic oxidation sites excluding steroid dienone is 4. The van der Waals surface area contributed by atoms with Gasteiger partial charge in [0.15, 0.2) is 0 Å². The van der Waals surface area contributed by atoms with Gasteiger partial charge in [0.25, 0.3) is 0 Å². The molecule has 0 amide bonds. The minimum atomic E-state index is 1.01. The lowest BCUT2D eigenvalue weighted by Crippen LogP contribution is -2.18. The Balaban J connectivity index is 1.55. The van der Waals surface area contributed by atoms with E-state index in [4.69, 9.17) is 0 Å². The lowest BCUT2D eigenvalue weighted by molar-refractivity contribution is 1.11. The molecule has 2 heteroatoms. The third-order valence-corrected chi connectivity index (χ3v) is 7.74. The molecule has 0 saturated carbocycles. The average Bonchev–Trinajstić information content (AvgIpc) is 3.34. The standard InChI is InChI=1S/C37H30N2/c1-3-5-14-26(4-2)28-23-29(27-15-7-6-8-16-27)25-30(24-28)38-34-20-11-12-21-35(34)39-33-19-10-9-17-31(33)32-18-13-22-36(38)37(32)39/h4-25H,3H2,1-2H3/b14-5-,26-4+. The van der Waals surface area contributed by atoms with Crippen molar-refractivity contribution in [2.75, 3.05) is 4.90 Å². The summed E-state index contributed by atoms with van der Waals surface area (Å²) >= 11 is 0. The number of rotatable bonds is 5. The molecule has 1 aromatic heterocycles. The van der Waals surface area contributed by atoms with E-state index in [0.29, 0.717) is 0 Å². The molecular weight excluding hydrogens is 472 g/mol. The number of para-hydroxylation sites is 4. The average molecular weight is 503 g/mol. The van der Waals surface area contributed by atoms with E-state index in [2.05, 4.69) is 157 Å². The number of anilines is 3. The first-order chi connectivity index (χ1) is 19.3. The van der Waals surface area contributed by atoms with E-state index in [1.54, 1.807) is 0 Å². The van der Waals surface area contributed by atoms with Gasteiger partial charge in [0.05, 0.1) is 28.1 Å². The SMILES string of the molecule is C/C=C(\C=C/CC)c1cc(-c2ccccc2)cc(N2c3ccccc3-n3c4ccccc4c4cccc2c43)c1. The maximum atomic E-state index is 2.45. The Morgan fingerprint density at radius 1 is 0.667 bits per heavy atom. The molecule has 0 aliphatic carbocycles. The molecule has 0 fully saturated rings. The van der Waals surface area contributed by atoms with Gasteiger partial charge in [-0.3, -0.25) is 0 Å². The van der Waals surface area contributed by atoms with Gasteiger partial charge in [-0.25, -0.2) is 0 Å². The summed E-state index contributed by atoms with van der Waals surface area (Å²) in [5.41, 5.74) is 12.1. The second kappa shape index (κ2) is 9.49. The molecule has 188 valence electrons. The highest BCUT2D eigenvalue weighted by molar-refractivity contribution is 6.16. The summed E-state index contributed by atoms with van der Waals surface area (Å²) < 4.78 is 2.44. The van der Waals surface area contributed by atoms with E-state index in [9.17, 15) is 0 Å². The first-order valence-electron chi connectivity index (χ1n) is 13.7. The smallest absolute Gasteiger partial charge is 0.0783 e. The molecule has 39 heavy (non-hydrogen) atoms. The Kier molecular flexibility index (Phi) is 5.67. The van der Waals surface area contributed by atoms with Crippen molar-refractivity contribution < 1.29 is 0 Å². The highest BCUT2D eigenvalue weighted by Crippen LogP contribution is 2.50. The fourth-order valence-corrected chi connectivity index (χ4v) is 5.99. The zero-order valence-electron chi connectivity index (χ0n) is 22.3. The van der Waals surface area contributed by atoms with Gasteiger partial charge >= 0.3 is 0 Å². The summed E-state index contributed by atoms with van der Waals surface area (Å²) in [6.45, 7) is 4.31. The lowest BCUT2D eigenvalue weighted by atomic mass is 9.96. The predicted octanol–water partition coefficient (Wildman–Crippen LogP) is 10.6. The molecule has 2 nitrogen and oxygen atoms in total. The van der Waals surface area contributed by atoms with Gasteiger partial charge in [-0.1, -0.05) is 97.9 Å². The van der Waals surface area contributed by atoms with Crippen molar-refractivity contribution >= 4 is 44.4 Å². The van der Waals surface area contributed by atoms with E-state index < -0.39 is 0 Å². The molecule has 0 unspecified atom stereocenters. The number of nitrogens with zero attached hydrogens (tertiary/aromatic N) is 2. The van der Waals surface area contributed by atoms with Gasteiger partial charge in [0.1, 0.15) is 0 Å². The monoisotopic (exact) mass is 502 g/mol. The van der Waals surface area contributed by atoms with E-state index in [0.717, 1.165) is 12.1 Å². The number of benzene rings is 5. The summed E-state index contributed by atoms with van der Waals surface area (Å²) in [4.78, 5) is 2.45. The molecule has 0 radical (unpaired) electrons. The summed E-state index contributed by atoms with van der Waals surface area (Å²) in [6, 6.07) is 41.9. The maximum Gasteiger partial charge on any atom is 0.0783 e.